The molecule has 2 aliphatic carbocycles. The van der Waals surface area contributed by atoms with E-state index in [1.807, 2.05) is 6.92 Å². The van der Waals surface area contributed by atoms with Gasteiger partial charge in [-0.3, -0.25) is 9.69 Å². The van der Waals surface area contributed by atoms with Gasteiger partial charge >= 0.3 is 0 Å². The minimum Gasteiger partial charge on any atom is -0.369 e. The van der Waals surface area contributed by atoms with Crippen LogP contribution in [0.1, 0.15) is 82.6 Å². The van der Waals surface area contributed by atoms with Gasteiger partial charge in [-0.05, 0) is 61.5 Å². The van der Waals surface area contributed by atoms with E-state index >= 15 is 0 Å². The van der Waals surface area contributed by atoms with Gasteiger partial charge in [0.2, 0.25) is 0 Å². The molecule has 1 aromatic rings. The number of Topliss-reactive ketones (excluding diaryl/α,β-unsaturated/α-hetero) is 1. The fourth-order valence-electron chi connectivity index (χ4n) is 5.97. The molecule has 0 N–H and O–H groups in total. The third kappa shape index (κ3) is 5.35. The SMILES string of the molecule is CCC(=O)CN1CCN(c2ccccc2C2CCC3(CCCCC3)CC2)CC1.Cl. The van der Waals surface area contributed by atoms with Crippen molar-refractivity contribution in [3.8, 4) is 0 Å². The normalized spacial score (nSPS) is 23.0. The number of halogens is 1. The zero-order valence-electron chi connectivity index (χ0n) is 18.2. The Morgan fingerprint density at radius 2 is 1.62 bits per heavy atom. The highest BCUT2D eigenvalue weighted by molar-refractivity contribution is 5.85. The van der Waals surface area contributed by atoms with Crippen LogP contribution in [0.3, 0.4) is 0 Å². The number of para-hydroxylation sites is 1. The standard InChI is InChI=1S/C25H38N2O.ClH/c1-2-22(28)20-26-16-18-27(19-17-26)24-9-5-4-8-23(24)21-10-14-25(15-11-21)12-6-3-7-13-25;/h4-5,8-9,21H,2-3,6-7,10-20H2,1H3;1H. The van der Waals surface area contributed by atoms with Crippen LogP contribution >= 0.6 is 12.4 Å². The Morgan fingerprint density at radius 1 is 0.966 bits per heavy atom. The first-order valence-electron chi connectivity index (χ1n) is 11.8. The number of carbonyl (C=O) groups excluding carboxylic acids is 1. The Kier molecular flexibility index (Phi) is 8.04. The summed E-state index contributed by atoms with van der Waals surface area (Å²) < 4.78 is 0. The van der Waals surface area contributed by atoms with Crippen LogP contribution in [0.4, 0.5) is 5.69 Å². The van der Waals surface area contributed by atoms with Crippen LogP contribution in [0, 0.1) is 5.41 Å². The van der Waals surface area contributed by atoms with Crippen molar-refractivity contribution < 1.29 is 4.79 Å². The first-order valence-corrected chi connectivity index (χ1v) is 11.8. The third-order valence-electron chi connectivity index (χ3n) is 7.84. The third-order valence-corrected chi connectivity index (χ3v) is 7.84. The molecule has 1 heterocycles. The molecule has 1 aliphatic heterocycles. The summed E-state index contributed by atoms with van der Waals surface area (Å²) in [7, 11) is 0. The molecule has 0 aromatic heterocycles. The Morgan fingerprint density at radius 3 is 2.28 bits per heavy atom. The van der Waals surface area contributed by atoms with E-state index in [-0.39, 0.29) is 12.4 Å². The van der Waals surface area contributed by atoms with Crippen molar-refractivity contribution in [3.63, 3.8) is 0 Å². The molecule has 3 fully saturated rings. The molecule has 3 nitrogen and oxygen atoms in total. The molecule has 4 heteroatoms. The van der Waals surface area contributed by atoms with E-state index in [1.165, 1.54) is 63.5 Å². The number of carbonyl (C=O) groups is 1. The Labute approximate surface area is 183 Å². The molecule has 0 amide bonds. The fraction of sp³-hybridized carbons (Fsp3) is 0.720. The van der Waals surface area contributed by atoms with Crippen molar-refractivity contribution in [2.75, 3.05) is 37.6 Å². The second kappa shape index (κ2) is 10.3. The van der Waals surface area contributed by atoms with Gasteiger partial charge in [0, 0.05) is 38.3 Å². The smallest absolute Gasteiger partial charge is 0.146 e. The summed E-state index contributed by atoms with van der Waals surface area (Å²) in [4.78, 5) is 16.7. The topological polar surface area (TPSA) is 23.6 Å². The van der Waals surface area contributed by atoms with Crippen molar-refractivity contribution in [2.24, 2.45) is 5.41 Å². The number of hydrogen-bond acceptors (Lipinski definition) is 3. The molecule has 0 atom stereocenters. The van der Waals surface area contributed by atoms with Crippen LogP contribution < -0.4 is 4.90 Å². The molecule has 1 spiro atoms. The fourth-order valence-corrected chi connectivity index (χ4v) is 5.97. The lowest BCUT2D eigenvalue weighted by Crippen LogP contribution is -2.48. The van der Waals surface area contributed by atoms with Gasteiger partial charge in [0.15, 0.2) is 0 Å². The second-order valence-corrected chi connectivity index (χ2v) is 9.55. The number of piperazine rings is 1. The largest absolute Gasteiger partial charge is 0.369 e. The summed E-state index contributed by atoms with van der Waals surface area (Å²) in [5.74, 6) is 1.11. The zero-order valence-corrected chi connectivity index (χ0v) is 19.0. The lowest BCUT2D eigenvalue weighted by molar-refractivity contribution is -0.119. The molecule has 1 aromatic carbocycles. The molecule has 0 radical (unpaired) electrons. The number of nitrogens with zero attached hydrogens (tertiary/aromatic N) is 2. The van der Waals surface area contributed by atoms with E-state index in [1.54, 1.807) is 5.56 Å². The van der Waals surface area contributed by atoms with Gasteiger partial charge in [-0.2, -0.15) is 0 Å². The Bertz CT molecular complexity index is 653. The molecule has 29 heavy (non-hydrogen) atoms. The van der Waals surface area contributed by atoms with Crippen LogP contribution in [0.25, 0.3) is 0 Å². The van der Waals surface area contributed by atoms with Gasteiger partial charge in [-0.1, -0.05) is 44.4 Å². The maximum absolute atomic E-state index is 11.8. The summed E-state index contributed by atoms with van der Waals surface area (Å²) in [6, 6.07) is 9.18. The molecule has 3 aliphatic rings. The van der Waals surface area contributed by atoms with E-state index in [4.69, 9.17) is 0 Å². The quantitative estimate of drug-likeness (QED) is 0.602. The lowest BCUT2D eigenvalue weighted by Gasteiger charge is -2.44. The van der Waals surface area contributed by atoms with Gasteiger partial charge in [-0.15, -0.1) is 12.4 Å². The minimum atomic E-state index is 0. The maximum Gasteiger partial charge on any atom is 0.146 e. The van der Waals surface area contributed by atoms with Gasteiger partial charge in [0.05, 0.1) is 6.54 Å². The van der Waals surface area contributed by atoms with E-state index in [0.29, 0.717) is 24.2 Å². The van der Waals surface area contributed by atoms with Crippen LogP contribution in [0.5, 0.6) is 0 Å². The minimum absolute atomic E-state index is 0. The average Bonchev–Trinajstić information content (AvgIpc) is 2.75. The molecule has 4 rings (SSSR count). The molecular weight excluding hydrogens is 380 g/mol. The van der Waals surface area contributed by atoms with Crippen molar-refractivity contribution >= 4 is 23.9 Å². The maximum atomic E-state index is 11.8. The zero-order chi connectivity index (χ0) is 19.4. The summed E-state index contributed by atoms with van der Waals surface area (Å²) in [6.07, 6.45) is 13.7. The molecular formula is C25H39ClN2O. The van der Waals surface area contributed by atoms with Crippen molar-refractivity contribution in [3.05, 3.63) is 29.8 Å². The van der Waals surface area contributed by atoms with Crippen molar-refractivity contribution in [1.29, 1.82) is 0 Å². The highest BCUT2D eigenvalue weighted by Crippen LogP contribution is 2.51. The van der Waals surface area contributed by atoms with Gasteiger partial charge < -0.3 is 4.90 Å². The first-order chi connectivity index (χ1) is 13.7. The molecule has 0 unspecified atom stereocenters. The summed E-state index contributed by atoms with van der Waals surface area (Å²) >= 11 is 0. The second-order valence-electron chi connectivity index (χ2n) is 9.55. The molecule has 2 saturated carbocycles. The van der Waals surface area contributed by atoms with E-state index in [9.17, 15) is 4.79 Å². The van der Waals surface area contributed by atoms with Gasteiger partial charge in [-0.25, -0.2) is 0 Å². The Balaban J connectivity index is 0.00000240. The van der Waals surface area contributed by atoms with Crippen molar-refractivity contribution in [1.82, 2.24) is 4.90 Å². The van der Waals surface area contributed by atoms with E-state index < -0.39 is 0 Å². The van der Waals surface area contributed by atoms with Crippen molar-refractivity contribution in [2.45, 2.75) is 77.0 Å². The predicted octanol–water partition coefficient (Wildman–Crippen LogP) is 5.82. The highest BCUT2D eigenvalue weighted by atomic mass is 35.5. The number of ketones is 1. The summed E-state index contributed by atoms with van der Waals surface area (Å²) in [5, 5.41) is 0. The molecule has 162 valence electrons. The van der Waals surface area contributed by atoms with E-state index in [2.05, 4.69) is 34.1 Å². The van der Waals surface area contributed by atoms with Gasteiger partial charge in [0.1, 0.15) is 5.78 Å². The van der Waals surface area contributed by atoms with Gasteiger partial charge in [0.25, 0.3) is 0 Å². The monoisotopic (exact) mass is 418 g/mol. The number of hydrogen-bond donors (Lipinski definition) is 0. The average molecular weight is 419 g/mol. The Hall–Kier alpha value is -1.06. The van der Waals surface area contributed by atoms with Crippen LogP contribution in [0.15, 0.2) is 24.3 Å². The first kappa shape index (κ1) is 22.6. The van der Waals surface area contributed by atoms with Crippen LogP contribution in [-0.4, -0.2) is 43.4 Å². The predicted molar refractivity (Wildman–Crippen MR) is 124 cm³/mol. The number of benzene rings is 1. The molecule has 0 bridgehead atoms. The summed E-state index contributed by atoms with van der Waals surface area (Å²) in [5.41, 5.74) is 3.75. The highest BCUT2D eigenvalue weighted by Gasteiger charge is 2.37. The van der Waals surface area contributed by atoms with E-state index in [0.717, 1.165) is 32.1 Å². The summed E-state index contributed by atoms with van der Waals surface area (Å²) in [6.45, 7) is 6.71. The number of rotatable bonds is 5. The van der Waals surface area contributed by atoms with Crippen LogP contribution in [0.2, 0.25) is 0 Å². The van der Waals surface area contributed by atoms with Crippen LogP contribution in [-0.2, 0) is 4.79 Å². The number of anilines is 1. The molecule has 1 saturated heterocycles. The lowest BCUT2D eigenvalue weighted by atomic mass is 9.62.